The number of aryl methyl sites for hydroxylation is 1. The number of ether oxygens (including phenoxy) is 1. The molecule has 0 saturated carbocycles. The summed E-state index contributed by atoms with van der Waals surface area (Å²) in [6.07, 6.45) is 5.78. The molecule has 0 fully saturated rings. The van der Waals surface area contributed by atoms with Crippen molar-refractivity contribution < 1.29 is 9.16 Å². The largest absolute Gasteiger partial charge is 0.477 e. The smallest absolute Gasteiger partial charge is 0.224 e. The third kappa shape index (κ3) is 6.62. The molecule has 0 aliphatic rings. The Morgan fingerprint density at radius 1 is 0.839 bits per heavy atom. The van der Waals surface area contributed by atoms with Gasteiger partial charge in [-0.1, -0.05) is 57.2 Å². The molecule has 2 aromatic carbocycles. The molecule has 0 N–H and O–H groups in total. The van der Waals surface area contributed by atoms with E-state index in [2.05, 4.69) is 68.1 Å². The Morgan fingerprint density at radius 2 is 1.58 bits per heavy atom. The fraction of sp³-hybridized carbons (Fsp3) is 0.462. The predicted molar refractivity (Wildman–Crippen MR) is 131 cm³/mol. The topological polar surface area (TPSA) is 44.2 Å². The lowest BCUT2D eigenvalue weighted by Gasteiger charge is -2.36. The molecular formula is C26H36N2O2Si. The zero-order chi connectivity index (χ0) is 22.3. The Morgan fingerprint density at radius 3 is 2.35 bits per heavy atom. The van der Waals surface area contributed by atoms with Crippen molar-refractivity contribution in [3.8, 4) is 5.88 Å². The van der Waals surface area contributed by atoms with Crippen LogP contribution in [0.4, 0.5) is 0 Å². The van der Waals surface area contributed by atoms with Gasteiger partial charge in [-0.15, -0.1) is 0 Å². The molecular weight excluding hydrogens is 400 g/mol. The zero-order valence-corrected chi connectivity index (χ0v) is 20.6. The van der Waals surface area contributed by atoms with E-state index in [1.807, 2.05) is 24.3 Å². The predicted octanol–water partition coefficient (Wildman–Crippen LogP) is 6.60. The molecule has 0 saturated heterocycles. The van der Waals surface area contributed by atoms with E-state index < -0.39 is 8.32 Å². The Labute approximate surface area is 188 Å². The van der Waals surface area contributed by atoms with E-state index in [0.717, 1.165) is 43.2 Å². The van der Waals surface area contributed by atoms with Crippen LogP contribution in [0.5, 0.6) is 5.88 Å². The first-order chi connectivity index (χ1) is 14.8. The number of unbranched alkanes of at least 4 members (excludes halogenated alkanes) is 1. The minimum Gasteiger partial charge on any atom is -0.477 e. The molecule has 0 amide bonds. The number of rotatable bonds is 10. The molecule has 1 heterocycles. The van der Waals surface area contributed by atoms with Crippen molar-refractivity contribution in [1.29, 1.82) is 0 Å². The summed E-state index contributed by atoms with van der Waals surface area (Å²) in [4.78, 5) is 8.59. The second kappa shape index (κ2) is 10.4. The van der Waals surface area contributed by atoms with Gasteiger partial charge in [0.2, 0.25) is 5.88 Å². The normalized spacial score (nSPS) is 12.3. The van der Waals surface area contributed by atoms with Crippen LogP contribution in [-0.4, -0.2) is 31.5 Å². The molecule has 0 aliphatic heterocycles. The van der Waals surface area contributed by atoms with Gasteiger partial charge >= 0.3 is 0 Å². The van der Waals surface area contributed by atoms with E-state index in [9.17, 15) is 0 Å². The van der Waals surface area contributed by atoms with Crippen LogP contribution >= 0.6 is 0 Å². The zero-order valence-electron chi connectivity index (χ0n) is 19.6. The number of hydrogen-bond donors (Lipinski definition) is 0. The SMILES string of the molecule is CC(C)(C)[Si](C)(C)OCCCCc1cccc(CCOc2ncnc3ccccc23)c1. The van der Waals surface area contributed by atoms with Crippen molar-refractivity contribution in [3.05, 3.63) is 66.0 Å². The van der Waals surface area contributed by atoms with Crippen LogP contribution in [0.15, 0.2) is 54.9 Å². The van der Waals surface area contributed by atoms with Gasteiger partial charge in [0, 0.05) is 13.0 Å². The van der Waals surface area contributed by atoms with Crippen molar-refractivity contribution in [1.82, 2.24) is 9.97 Å². The summed E-state index contributed by atoms with van der Waals surface area (Å²) < 4.78 is 12.3. The number of hydrogen-bond acceptors (Lipinski definition) is 4. The summed E-state index contributed by atoms with van der Waals surface area (Å²) in [5.41, 5.74) is 3.60. The molecule has 0 spiro atoms. The third-order valence-electron chi connectivity index (χ3n) is 6.26. The quantitative estimate of drug-likeness (QED) is 0.265. The second-order valence-electron chi connectivity index (χ2n) is 9.68. The number of para-hydroxylation sites is 1. The van der Waals surface area contributed by atoms with Gasteiger partial charge in [-0.25, -0.2) is 9.97 Å². The van der Waals surface area contributed by atoms with Crippen LogP contribution in [0.1, 0.15) is 44.7 Å². The van der Waals surface area contributed by atoms with Crippen molar-refractivity contribution in [2.45, 2.75) is 64.6 Å². The lowest BCUT2D eigenvalue weighted by atomic mass is 10.0. The first-order valence-corrected chi connectivity index (χ1v) is 14.2. The maximum Gasteiger partial charge on any atom is 0.224 e. The molecule has 0 atom stereocenters. The first kappa shape index (κ1) is 23.4. The number of nitrogens with zero attached hydrogens (tertiary/aromatic N) is 2. The van der Waals surface area contributed by atoms with Crippen molar-refractivity contribution >= 4 is 19.2 Å². The fourth-order valence-electron chi connectivity index (χ4n) is 3.28. The standard InChI is InChI=1S/C26H36N2O2Si/c1-26(2,3)31(4,5)30-17-9-8-11-21-12-10-13-22(19-21)16-18-29-25-23-14-6-7-15-24(23)27-20-28-25/h6-7,10,12-15,19-20H,8-9,11,16-18H2,1-5H3. The monoisotopic (exact) mass is 436 g/mol. The third-order valence-corrected chi connectivity index (χ3v) is 10.8. The fourth-order valence-corrected chi connectivity index (χ4v) is 4.36. The van der Waals surface area contributed by atoms with E-state index in [4.69, 9.17) is 9.16 Å². The van der Waals surface area contributed by atoms with Gasteiger partial charge in [0.25, 0.3) is 0 Å². The van der Waals surface area contributed by atoms with Crippen LogP contribution in [-0.2, 0) is 17.3 Å². The van der Waals surface area contributed by atoms with Gasteiger partial charge in [0.1, 0.15) is 6.33 Å². The van der Waals surface area contributed by atoms with Crippen molar-refractivity contribution in [2.24, 2.45) is 0 Å². The molecule has 0 unspecified atom stereocenters. The van der Waals surface area contributed by atoms with E-state index >= 15 is 0 Å². The highest BCUT2D eigenvalue weighted by Gasteiger charge is 2.36. The average Bonchev–Trinajstić information content (AvgIpc) is 2.73. The highest BCUT2D eigenvalue weighted by Crippen LogP contribution is 2.36. The lowest BCUT2D eigenvalue weighted by Crippen LogP contribution is -2.40. The van der Waals surface area contributed by atoms with E-state index in [0.29, 0.717) is 12.5 Å². The Hall–Kier alpha value is -2.24. The molecule has 5 heteroatoms. The number of fused-ring (bicyclic) bond motifs is 1. The summed E-state index contributed by atoms with van der Waals surface area (Å²) in [5.74, 6) is 0.656. The average molecular weight is 437 g/mol. The molecule has 3 aromatic rings. The number of aromatic nitrogens is 2. The van der Waals surface area contributed by atoms with Gasteiger partial charge in [-0.3, -0.25) is 0 Å². The van der Waals surface area contributed by atoms with Crippen LogP contribution in [0.2, 0.25) is 18.1 Å². The Bertz CT molecular complexity index is 977. The maximum atomic E-state index is 6.29. The van der Waals surface area contributed by atoms with Crippen LogP contribution in [0.3, 0.4) is 0 Å². The van der Waals surface area contributed by atoms with Crippen LogP contribution in [0.25, 0.3) is 10.9 Å². The Kier molecular flexibility index (Phi) is 7.84. The Balaban J connectivity index is 1.44. The van der Waals surface area contributed by atoms with Gasteiger partial charge in [-0.05, 0) is 60.7 Å². The molecule has 31 heavy (non-hydrogen) atoms. The molecule has 4 nitrogen and oxygen atoms in total. The molecule has 1 aromatic heterocycles. The molecule has 0 radical (unpaired) electrons. The molecule has 3 rings (SSSR count). The summed E-state index contributed by atoms with van der Waals surface area (Å²) >= 11 is 0. The molecule has 0 bridgehead atoms. The minimum atomic E-state index is -1.63. The summed E-state index contributed by atoms with van der Waals surface area (Å²) in [5, 5.41) is 1.24. The van der Waals surface area contributed by atoms with Crippen molar-refractivity contribution in [2.75, 3.05) is 13.2 Å². The molecule has 166 valence electrons. The summed E-state index contributed by atoms with van der Waals surface area (Å²) in [7, 11) is -1.63. The maximum absolute atomic E-state index is 6.29. The number of benzene rings is 2. The van der Waals surface area contributed by atoms with Gasteiger partial charge in [0.05, 0.1) is 17.5 Å². The summed E-state index contributed by atoms with van der Waals surface area (Å²) in [6.45, 7) is 13.0. The van der Waals surface area contributed by atoms with Crippen LogP contribution < -0.4 is 4.74 Å². The van der Waals surface area contributed by atoms with Crippen LogP contribution in [0, 0.1) is 0 Å². The highest BCUT2D eigenvalue weighted by molar-refractivity contribution is 6.74. The van der Waals surface area contributed by atoms with Gasteiger partial charge in [-0.2, -0.15) is 0 Å². The summed E-state index contributed by atoms with van der Waals surface area (Å²) in [6, 6.07) is 16.8. The van der Waals surface area contributed by atoms with Crippen molar-refractivity contribution in [3.63, 3.8) is 0 Å². The second-order valence-corrected chi connectivity index (χ2v) is 14.5. The molecule has 0 aliphatic carbocycles. The first-order valence-electron chi connectivity index (χ1n) is 11.3. The highest BCUT2D eigenvalue weighted by atomic mass is 28.4. The van der Waals surface area contributed by atoms with Gasteiger partial charge < -0.3 is 9.16 Å². The van der Waals surface area contributed by atoms with E-state index in [1.165, 1.54) is 11.1 Å². The lowest BCUT2D eigenvalue weighted by molar-refractivity contribution is 0.279. The minimum absolute atomic E-state index is 0.279. The van der Waals surface area contributed by atoms with E-state index in [1.54, 1.807) is 6.33 Å². The van der Waals surface area contributed by atoms with Gasteiger partial charge in [0.15, 0.2) is 8.32 Å². The van der Waals surface area contributed by atoms with E-state index in [-0.39, 0.29) is 5.04 Å².